The van der Waals surface area contributed by atoms with Crippen LogP contribution in [0.5, 0.6) is 0 Å². The van der Waals surface area contributed by atoms with E-state index in [1.54, 1.807) is 24.1 Å². The van der Waals surface area contributed by atoms with Gasteiger partial charge in [0.05, 0.1) is 0 Å². The standard InChI is InChI=1S/C13H19N3O4S/c1-9-8-21-13(20)16(9)7-11(17)15-5-3-14(4-6-15)10(2)12(18)19/h8,10H,3-7H2,1-2H3,(H,18,19). The lowest BCUT2D eigenvalue weighted by Gasteiger charge is -2.36. The summed E-state index contributed by atoms with van der Waals surface area (Å²) >= 11 is 1.09. The number of carboxylic acid groups (broad SMARTS) is 1. The van der Waals surface area contributed by atoms with Gasteiger partial charge in [-0.05, 0) is 13.8 Å². The van der Waals surface area contributed by atoms with E-state index in [0.29, 0.717) is 26.2 Å². The highest BCUT2D eigenvalue weighted by Gasteiger charge is 2.27. The second-order valence-corrected chi connectivity index (χ2v) is 5.98. The minimum Gasteiger partial charge on any atom is -0.480 e. The molecule has 2 heterocycles. The van der Waals surface area contributed by atoms with Gasteiger partial charge in [-0.3, -0.25) is 23.9 Å². The van der Waals surface area contributed by atoms with Gasteiger partial charge in [0.2, 0.25) is 5.91 Å². The van der Waals surface area contributed by atoms with Crippen LogP contribution in [0.2, 0.25) is 0 Å². The van der Waals surface area contributed by atoms with Crippen LogP contribution in [0, 0.1) is 6.92 Å². The zero-order valence-electron chi connectivity index (χ0n) is 12.1. The van der Waals surface area contributed by atoms with Crippen LogP contribution in [0.3, 0.4) is 0 Å². The average molecular weight is 313 g/mol. The summed E-state index contributed by atoms with van der Waals surface area (Å²) in [5.41, 5.74) is 0.788. The Morgan fingerprint density at radius 1 is 1.33 bits per heavy atom. The molecule has 1 amide bonds. The highest BCUT2D eigenvalue weighted by Crippen LogP contribution is 2.08. The molecule has 21 heavy (non-hydrogen) atoms. The molecule has 1 unspecified atom stereocenters. The molecule has 1 N–H and O–H groups in total. The monoisotopic (exact) mass is 313 g/mol. The Bertz CT molecular complexity index is 586. The second kappa shape index (κ2) is 6.40. The lowest BCUT2D eigenvalue weighted by molar-refractivity contribution is -0.144. The number of rotatable bonds is 4. The molecule has 1 aliphatic rings. The number of amides is 1. The van der Waals surface area contributed by atoms with Crippen molar-refractivity contribution in [2.75, 3.05) is 26.2 Å². The van der Waals surface area contributed by atoms with Crippen molar-refractivity contribution >= 4 is 23.2 Å². The second-order valence-electron chi connectivity index (χ2n) is 5.16. The molecule has 0 radical (unpaired) electrons. The Morgan fingerprint density at radius 2 is 1.95 bits per heavy atom. The van der Waals surface area contributed by atoms with Crippen molar-refractivity contribution in [2.24, 2.45) is 0 Å². The molecule has 2 rings (SSSR count). The topological polar surface area (TPSA) is 82.9 Å². The largest absolute Gasteiger partial charge is 0.480 e. The maximum Gasteiger partial charge on any atom is 0.320 e. The van der Waals surface area contributed by atoms with E-state index in [1.807, 2.05) is 4.90 Å². The molecule has 0 aliphatic carbocycles. The van der Waals surface area contributed by atoms with Crippen LogP contribution in [0.15, 0.2) is 10.2 Å². The molecule has 1 saturated heterocycles. The predicted octanol–water partition coefficient (Wildman–Crippen LogP) is -0.164. The van der Waals surface area contributed by atoms with Crippen molar-refractivity contribution in [3.63, 3.8) is 0 Å². The molecule has 1 aliphatic heterocycles. The number of carboxylic acids is 1. The van der Waals surface area contributed by atoms with Crippen molar-refractivity contribution in [1.29, 1.82) is 0 Å². The molecule has 0 bridgehead atoms. The third-order valence-corrected chi connectivity index (χ3v) is 4.72. The third-order valence-electron chi connectivity index (χ3n) is 3.84. The summed E-state index contributed by atoms with van der Waals surface area (Å²) in [6, 6.07) is -0.538. The zero-order chi connectivity index (χ0) is 15.6. The molecule has 0 saturated carbocycles. The molecule has 116 valence electrons. The Balaban J connectivity index is 1.92. The summed E-state index contributed by atoms with van der Waals surface area (Å²) in [5, 5.41) is 10.7. The maximum absolute atomic E-state index is 12.2. The summed E-state index contributed by atoms with van der Waals surface area (Å²) < 4.78 is 1.47. The summed E-state index contributed by atoms with van der Waals surface area (Å²) in [6.45, 7) is 5.57. The van der Waals surface area contributed by atoms with E-state index in [1.165, 1.54) is 4.57 Å². The average Bonchev–Trinajstić information content (AvgIpc) is 2.78. The van der Waals surface area contributed by atoms with Gasteiger partial charge in [-0.2, -0.15) is 0 Å². The first-order valence-electron chi connectivity index (χ1n) is 6.79. The van der Waals surface area contributed by atoms with Crippen LogP contribution in [0.1, 0.15) is 12.6 Å². The van der Waals surface area contributed by atoms with E-state index in [4.69, 9.17) is 5.11 Å². The fourth-order valence-electron chi connectivity index (χ4n) is 2.35. The fraction of sp³-hybridized carbons (Fsp3) is 0.615. The van der Waals surface area contributed by atoms with Crippen LogP contribution >= 0.6 is 11.3 Å². The van der Waals surface area contributed by atoms with E-state index < -0.39 is 12.0 Å². The van der Waals surface area contributed by atoms with Crippen molar-refractivity contribution in [3.05, 3.63) is 20.7 Å². The van der Waals surface area contributed by atoms with E-state index in [2.05, 4.69) is 0 Å². The van der Waals surface area contributed by atoms with E-state index in [-0.39, 0.29) is 17.3 Å². The van der Waals surface area contributed by atoms with Gasteiger partial charge < -0.3 is 10.0 Å². The SMILES string of the molecule is Cc1csc(=O)n1CC(=O)N1CCN(C(C)C(=O)O)CC1. The quantitative estimate of drug-likeness (QED) is 0.835. The third kappa shape index (κ3) is 3.51. The molecule has 1 aromatic heterocycles. The molecule has 1 fully saturated rings. The van der Waals surface area contributed by atoms with E-state index in [9.17, 15) is 14.4 Å². The Morgan fingerprint density at radius 3 is 2.43 bits per heavy atom. The smallest absolute Gasteiger partial charge is 0.320 e. The lowest BCUT2D eigenvalue weighted by Crippen LogP contribution is -2.53. The number of aromatic nitrogens is 1. The number of hydrogen-bond donors (Lipinski definition) is 1. The fourth-order valence-corrected chi connectivity index (χ4v) is 3.08. The van der Waals surface area contributed by atoms with Crippen LogP contribution in [-0.4, -0.2) is 63.6 Å². The van der Waals surface area contributed by atoms with Gasteiger partial charge in [-0.25, -0.2) is 0 Å². The van der Waals surface area contributed by atoms with Crippen LogP contribution in [0.25, 0.3) is 0 Å². The van der Waals surface area contributed by atoms with Crippen LogP contribution in [-0.2, 0) is 16.1 Å². The molecular formula is C13H19N3O4S. The number of hydrogen-bond acceptors (Lipinski definition) is 5. The van der Waals surface area contributed by atoms with Gasteiger partial charge in [0.1, 0.15) is 12.6 Å². The number of carbonyl (C=O) groups is 2. The Labute approximate surface area is 126 Å². The summed E-state index contributed by atoms with van der Waals surface area (Å²) in [5.74, 6) is -0.948. The van der Waals surface area contributed by atoms with Gasteiger partial charge in [0, 0.05) is 37.3 Å². The normalized spacial score (nSPS) is 17.7. The number of aliphatic carboxylic acids is 1. The zero-order valence-corrected chi connectivity index (χ0v) is 12.9. The van der Waals surface area contributed by atoms with Crippen molar-refractivity contribution in [1.82, 2.24) is 14.4 Å². The first-order valence-corrected chi connectivity index (χ1v) is 7.67. The van der Waals surface area contributed by atoms with E-state index in [0.717, 1.165) is 17.0 Å². The number of carbonyl (C=O) groups excluding carboxylic acids is 1. The minimum absolute atomic E-state index is 0.0582. The number of aryl methyl sites for hydroxylation is 1. The van der Waals surface area contributed by atoms with E-state index >= 15 is 0 Å². The summed E-state index contributed by atoms with van der Waals surface area (Å²) in [4.78, 5) is 38.2. The van der Waals surface area contributed by atoms with Gasteiger partial charge in [-0.15, -0.1) is 0 Å². The minimum atomic E-state index is -0.852. The lowest BCUT2D eigenvalue weighted by atomic mass is 10.2. The first kappa shape index (κ1) is 15.7. The molecule has 8 heteroatoms. The highest BCUT2D eigenvalue weighted by atomic mass is 32.1. The van der Waals surface area contributed by atoms with Crippen molar-refractivity contribution in [2.45, 2.75) is 26.4 Å². The first-order chi connectivity index (χ1) is 9.90. The molecule has 7 nitrogen and oxygen atoms in total. The number of nitrogens with zero attached hydrogens (tertiary/aromatic N) is 3. The predicted molar refractivity (Wildman–Crippen MR) is 78.6 cm³/mol. The number of thiazole rings is 1. The molecule has 1 aromatic rings. The highest BCUT2D eigenvalue weighted by molar-refractivity contribution is 7.07. The summed E-state index contributed by atoms with van der Waals surface area (Å²) in [6.07, 6.45) is 0. The molecule has 0 aromatic carbocycles. The van der Waals surface area contributed by atoms with Gasteiger partial charge in [0.25, 0.3) is 0 Å². The van der Waals surface area contributed by atoms with Crippen LogP contribution in [0.4, 0.5) is 0 Å². The number of piperazine rings is 1. The van der Waals surface area contributed by atoms with Crippen molar-refractivity contribution < 1.29 is 14.7 Å². The molecular weight excluding hydrogens is 294 g/mol. The van der Waals surface area contributed by atoms with Gasteiger partial charge in [0.15, 0.2) is 0 Å². The van der Waals surface area contributed by atoms with Gasteiger partial charge >= 0.3 is 10.8 Å². The Hall–Kier alpha value is -1.67. The van der Waals surface area contributed by atoms with Crippen molar-refractivity contribution in [3.8, 4) is 0 Å². The Kier molecular flexibility index (Phi) is 4.79. The molecule has 0 spiro atoms. The maximum atomic E-state index is 12.2. The summed E-state index contributed by atoms with van der Waals surface area (Å²) in [7, 11) is 0. The molecule has 1 atom stereocenters. The van der Waals surface area contributed by atoms with Gasteiger partial charge in [-0.1, -0.05) is 11.3 Å². The van der Waals surface area contributed by atoms with Crippen LogP contribution < -0.4 is 4.87 Å².